The minimum Gasteiger partial charge on any atom is -0.385 e. The quantitative estimate of drug-likeness (QED) is 0.804. The Bertz CT molecular complexity index is 432. The number of hydrogen-bond donors (Lipinski definition) is 2. The highest BCUT2D eigenvalue weighted by atomic mass is 32.2. The molecule has 0 aliphatic heterocycles. The molecule has 1 aromatic carbocycles. The number of hydrogen-bond acceptors (Lipinski definition) is 3. The molecule has 0 bridgehead atoms. The van der Waals surface area contributed by atoms with Gasteiger partial charge in [0.2, 0.25) is 0 Å². The molecule has 2 atom stereocenters. The van der Waals surface area contributed by atoms with E-state index >= 15 is 0 Å². The molecule has 1 aromatic rings. The van der Waals surface area contributed by atoms with Gasteiger partial charge < -0.3 is 10.6 Å². The summed E-state index contributed by atoms with van der Waals surface area (Å²) in [6.07, 6.45) is 2.41. The van der Waals surface area contributed by atoms with Gasteiger partial charge in [-0.3, -0.25) is 9.00 Å². The van der Waals surface area contributed by atoms with Gasteiger partial charge in [-0.05, 0) is 37.6 Å². The first-order valence-electron chi connectivity index (χ1n) is 6.49. The fourth-order valence-corrected chi connectivity index (χ4v) is 2.05. The van der Waals surface area contributed by atoms with Crippen molar-refractivity contribution in [2.45, 2.75) is 25.5 Å². The van der Waals surface area contributed by atoms with E-state index in [2.05, 4.69) is 10.6 Å². The first kappa shape index (κ1) is 15.7. The minimum atomic E-state index is -0.835. The highest BCUT2D eigenvalue weighted by Gasteiger charge is 2.08. The molecule has 0 radical (unpaired) electrons. The van der Waals surface area contributed by atoms with Crippen molar-refractivity contribution in [3.8, 4) is 0 Å². The first-order chi connectivity index (χ1) is 9.04. The summed E-state index contributed by atoms with van der Waals surface area (Å²) >= 11 is 0. The molecule has 0 heterocycles. The van der Waals surface area contributed by atoms with Crippen LogP contribution in [0, 0.1) is 0 Å². The number of benzene rings is 1. The van der Waals surface area contributed by atoms with Gasteiger partial charge in [0.1, 0.15) is 0 Å². The van der Waals surface area contributed by atoms with E-state index in [-0.39, 0.29) is 11.2 Å². The summed E-state index contributed by atoms with van der Waals surface area (Å²) in [5, 5.41) is 6.13. The smallest absolute Gasteiger partial charge is 0.251 e. The predicted octanol–water partition coefficient (Wildman–Crippen LogP) is 2.01. The van der Waals surface area contributed by atoms with Crippen LogP contribution >= 0.6 is 0 Å². The Kier molecular flexibility index (Phi) is 6.56. The summed E-state index contributed by atoms with van der Waals surface area (Å²) in [6, 6.07) is 7.38. The minimum absolute atomic E-state index is 0.0860. The normalized spacial score (nSPS) is 13.6. The molecule has 0 aromatic heterocycles. The van der Waals surface area contributed by atoms with Crippen LogP contribution in [0.1, 0.15) is 30.6 Å². The summed E-state index contributed by atoms with van der Waals surface area (Å²) in [6.45, 7) is 5.36. The molecule has 0 aliphatic rings. The Hall–Kier alpha value is -1.36. The van der Waals surface area contributed by atoms with Gasteiger partial charge in [-0.25, -0.2) is 0 Å². The Morgan fingerprint density at radius 3 is 2.47 bits per heavy atom. The number of amides is 1. The molecule has 0 saturated carbocycles. The van der Waals surface area contributed by atoms with E-state index in [1.165, 1.54) is 0 Å². The predicted molar refractivity (Wildman–Crippen MR) is 81.1 cm³/mol. The summed E-state index contributed by atoms with van der Waals surface area (Å²) in [5.41, 5.74) is 1.65. The molecule has 106 valence electrons. The lowest BCUT2D eigenvalue weighted by Crippen LogP contribution is -2.27. The van der Waals surface area contributed by atoms with Crippen molar-refractivity contribution in [2.75, 3.05) is 24.7 Å². The molecule has 0 aliphatic carbocycles. The summed E-state index contributed by atoms with van der Waals surface area (Å²) < 4.78 is 11.2. The lowest BCUT2D eigenvalue weighted by atomic mass is 10.2. The number of carbonyl (C=O) groups excluding carboxylic acids is 1. The Morgan fingerprint density at radius 2 is 1.95 bits per heavy atom. The molecular formula is C14H22N2O2S. The number of nitrogens with one attached hydrogen (secondary N) is 2. The van der Waals surface area contributed by atoms with E-state index in [0.717, 1.165) is 18.7 Å². The maximum Gasteiger partial charge on any atom is 0.251 e. The largest absolute Gasteiger partial charge is 0.385 e. The van der Waals surface area contributed by atoms with Gasteiger partial charge in [-0.1, -0.05) is 6.92 Å². The zero-order chi connectivity index (χ0) is 14.3. The SMILES string of the molecule is CCNc1ccc(C(=O)NCCC(C)S(C)=O)cc1. The number of anilines is 1. The van der Waals surface area contributed by atoms with Crippen molar-refractivity contribution in [1.29, 1.82) is 0 Å². The second kappa shape index (κ2) is 7.94. The Labute approximate surface area is 117 Å². The van der Waals surface area contributed by atoms with Crippen LogP contribution in [0.2, 0.25) is 0 Å². The van der Waals surface area contributed by atoms with Crippen LogP contribution in [0.5, 0.6) is 0 Å². The fourth-order valence-electron chi connectivity index (χ4n) is 1.60. The summed E-state index contributed by atoms with van der Waals surface area (Å²) in [7, 11) is -0.835. The van der Waals surface area contributed by atoms with Gasteiger partial charge in [0, 0.05) is 46.6 Å². The van der Waals surface area contributed by atoms with E-state index in [4.69, 9.17) is 0 Å². The van der Waals surface area contributed by atoms with E-state index in [1.807, 2.05) is 26.0 Å². The lowest BCUT2D eigenvalue weighted by molar-refractivity contribution is 0.0953. The van der Waals surface area contributed by atoms with Crippen LogP contribution in [0.3, 0.4) is 0 Å². The van der Waals surface area contributed by atoms with Crippen molar-refractivity contribution in [3.05, 3.63) is 29.8 Å². The first-order valence-corrected chi connectivity index (χ1v) is 8.11. The van der Waals surface area contributed by atoms with Gasteiger partial charge in [-0.15, -0.1) is 0 Å². The molecule has 19 heavy (non-hydrogen) atoms. The van der Waals surface area contributed by atoms with Crippen LogP contribution in [-0.2, 0) is 10.8 Å². The summed E-state index contributed by atoms with van der Waals surface area (Å²) in [5.74, 6) is -0.0860. The molecule has 4 nitrogen and oxygen atoms in total. The number of carbonyl (C=O) groups is 1. The third kappa shape index (κ3) is 5.42. The Morgan fingerprint density at radius 1 is 1.32 bits per heavy atom. The van der Waals surface area contributed by atoms with Gasteiger partial charge in [0.15, 0.2) is 0 Å². The van der Waals surface area contributed by atoms with Crippen molar-refractivity contribution in [1.82, 2.24) is 5.32 Å². The maximum atomic E-state index is 11.9. The summed E-state index contributed by atoms with van der Waals surface area (Å²) in [4.78, 5) is 11.9. The van der Waals surface area contributed by atoms with Gasteiger partial charge in [-0.2, -0.15) is 0 Å². The van der Waals surface area contributed by atoms with Crippen molar-refractivity contribution in [2.24, 2.45) is 0 Å². The highest BCUT2D eigenvalue weighted by Crippen LogP contribution is 2.09. The fraction of sp³-hybridized carbons (Fsp3) is 0.500. The second-order valence-electron chi connectivity index (χ2n) is 4.46. The molecule has 5 heteroatoms. The van der Waals surface area contributed by atoms with Crippen LogP contribution < -0.4 is 10.6 Å². The average molecular weight is 282 g/mol. The molecule has 1 amide bonds. The topological polar surface area (TPSA) is 58.2 Å². The van der Waals surface area contributed by atoms with Crippen molar-refractivity contribution >= 4 is 22.4 Å². The standard InChI is InChI=1S/C14H22N2O2S/c1-4-15-13-7-5-12(6-8-13)14(17)16-10-9-11(2)19(3)18/h5-8,11,15H,4,9-10H2,1-3H3,(H,16,17). The van der Waals surface area contributed by atoms with Crippen LogP contribution in [0.25, 0.3) is 0 Å². The monoisotopic (exact) mass is 282 g/mol. The highest BCUT2D eigenvalue weighted by molar-refractivity contribution is 7.84. The third-order valence-electron chi connectivity index (χ3n) is 2.93. The van der Waals surface area contributed by atoms with E-state index in [0.29, 0.717) is 12.1 Å². The maximum absolute atomic E-state index is 11.9. The molecular weight excluding hydrogens is 260 g/mol. The third-order valence-corrected chi connectivity index (χ3v) is 4.30. The second-order valence-corrected chi connectivity index (χ2v) is 6.26. The van der Waals surface area contributed by atoms with Crippen LogP contribution in [0.15, 0.2) is 24.3 Å². The van der Waals surface area contributed by atoms with Crippen LogP contribution in [0.4, 0.5) is 5.69 Å². The molecule has 2 unspecified atom stereocenters. The van der Waals surface area contributed by atoms with E-state index in [1.54, 1.807) is 18.4 Å². The molecule has 0 saturated heterocycles. The van der Waals surface area contributed by atoms with Crippen molar-refractivity contribution in [3.63, 3.8) is 0 Å². The number of rotatable bonds is 7. The molecule has 0 fully saturated rings. The molecule has 1 rings (SSSR count). The zero-order valence-electron chi connectivity index (χ0n) is 11.7. The van der Waals surface area contributed by atoms with E-state index in [9.17, 15) is 9.00 Å². The van der Waals surface area contributed by atoms with Crippen LogP contribution in [-0.4, -0.2) is 34.7 Å². The van der Waals surface area contributed by atoms with E-state index < -0.39 is 10.8 Å². The lowest BCUT2D eigenvalue weighted by Gasteiger charge is -2.10. The average Bonchev–Trinajstić information content (AvgIpc) is 2.39. The molecule has 0 spiro atoms. The van der Waals surface area contributed by atoms with Gasteiger partial charge in [0.05, 0.1) is 0 Å². The van der Waals surface area contributed by atoms with Crippen molar-refractivity contribution < 1.29 is 9.00 Å². The molecule has 2 N–H and O–H groups in total. The Balaban J connectivity index is 2.43. The van der Waals surface area contributed by atoms with Gasteiger partial charge >= 0.3 is 0 Å². The van der Waals surface area contributed by atoms with Gasteiger partial charge in [0.25, 0.3) is 5.91 Å². The zero-order valence-corrected chi connectivity index (χ0v) is 12.5.